The number of carboxylic acids is 1. The van der Waals surface area contributed by atoms with Crippen molar-refractivity contribution in [2.45, 2.75) is 152 Å². The van der Waals surface area contributed by atoms with Crippen LogP contribution >= 0.6 is 11.6 Å². The quantitative estimate of drug-likeness (QED) is 0.227. The normalized spacial score (nSPS) is 36.0. The standard InChI is InChI=1S/C46H66ClNO7/c1-27(2)38-32(50)23-46(35(51)26-48(28(3)49)25-29-11-13-30(47)14-12-29)22-21-44(9)31(39(38)46)15-16-34-43(8)19-18-36(55-37(52)24-41(4,5)40(53)54)42(6,7)33(43)17-20-45(34,44)10/h11-14,27,31,33-36,51H,15-26H2,1-10H3,(H,53,54)/t31-,33+,34-,35+,36+,43+,44-,45-,46?/m1/s1. The molecule has 0 saturated heterocycles. The summed E-state index contributed by atoms with van der Waals surface area (Å²) in [5.74, 6) is -0.431. The summed E-state index contributed by atoms with van der Waals surface area (Å²) < 4.78 is 6.16. The lowest BCUT2D eigenvalue weighted by Crippen LogP contribution is -2.66. The molecule has 0 bridgehead atoms. The van der Waals surface area contributed by atoms with Crippen molar-refractivity contribution in [2.24, 2.45) is 56.2 Å². The van der Waals surface area contributed by atoms with E-state index in [1.54, 1.807) is 25.7 Å². The lowest BCUT2D eigenvalue weighted by molar-refractivity contribution is -0.235. The largest absolute Gasteiger partial charge is 0.481 e. The van der Waals surface area contributed by atoms with Crippen LogP contribution in [0.1, 0.15) is 139 Å². The maximum Gasteiger partial charge on any atom is 0.309 e. The molecule has 4 fully saturated rings. The van der Waals surface area contributed by atoms with Gasteiger partial charge in [-0.05, 0) is 128 Å². The van der Waals surface area contributed by atoms with E-state index >= 15 is 0 Å². The Labute approximate surface area is 334 Å². The van der Waals surface area contributed by atoms with E-state index in [0.717, 1.165) is 56.1 Å². The summed E-state index contributed by atoms with van der Waals surface area (Å²) in [5, 5.41) is 22.7. The number of aliphatic carboxylic acids is 1. The Hall–Kier alpha value is -2.71. The minimum Gasteiger partial charge on any atom is -0.481 e. The third kappa shape index (κ3) is 6.71. The number of rotatable bonds is 10. The first-order chi connectivity index (χ1) is 25.4. The van der Waals surface area contributed by atoms with Crippen molar-refractivity contribution in [3.8, 4) is 0 Å². The number of aliphatic hydroxyl groups is 1. The minimum atomic E-state index is -1.18. The zero-order chi connectivity index (χ0) is 40.7. The van der Waals surface area contributed by atoms with Crippen molar-refractivity contribution in [1.82, 2.24) is 4.90 Å². The first-order valence-corrected chi connectivity index (χ1v) is 21.2. The number of carbonyl (C=O) groups is 4. The number of nitrogens with zero attached hydrogens (tertiary/aromatic N) is 1. The molecule has 0 heterocycles. The molecule has 1 unspecified atom stereocenters. The molecule has 55 heavy (non-hydrogen) atoms. The Morgan fingerprint density at radius 3 is 2.18 bits per heavy atom. The van der Waals surface area contributed by atoms with Crippen molar-refractivity contribution in [1.29, 1.82) is 0 Å². The van der Waals surface area contributed by atoms with E-state index in [1.807, 2.05) is 24.3 Å². The highest BCUT2D eigenvalue weighted by molar-refractivity contribution is 6.30. The number of hydrogen-bond donors (Lipinski definition) is 2. The number of amides is 1. The van der Waals surface area contributed by atoms with Crippen LogP contribution < -0.4 is 0 Å². The molecular weight excluding hydrogens is 714 g/mol. The van der Waals surface area contributed by atoms with Crippen molar-refractivity contribution in [2.75, 3.05) is 6.54 Å². The molecule has 6 rings (SSSR count). The second kappa shape index (κ2) is 14.3. The zero-order valence-electron chi connectivity index (χ0n) is 35.0. The molecule has 9 atom stereocenters. The van der Waals surface area contributed by atoms with Crippen LogP contribution in [-0.2, 0) is 30.5 Å². The van der Waals surface area contributed by atoms with E-state index in [1.165, 1.54) is 5.57 Å². The Bertz CT molecular complexity index is 1750. The highest BCUT2D eigenvalue weighted by Gasteiger charge is 2.71. The number of hydrogen-bond acceptors (Lipinski definition) is 6. The van der Waals surface area contributed by atoms with Crippen LogP contribution in [0.5, 0.6) is 0 Å². The summed E-state index contributed by atoms with van der Waals surface area (Å²) in [6.45, 7) is 21.5. The van der Waals surface area contributed by atoms with Gasteiger partial charge in [0.25, 0.3) is 0 Å². The summed E-state index contributed by atoms with van der Waals surface area (Å²) in [7, 11) is 0. The van der Waals surface area contributed by atoms with Crippen LogP contribution in [0.4, 0.5) is 0 Å². The van der Waals surface area contributed by atoms with Gasteiger partial charge in [-0.1, -0.05) is 77.8 Å². The minimum absolute atomic E-state index is 0.00981. The average molecular weight is 780 g/mol. The Balaban J connectivity index is 1.29. The van der Waals surface area contributed by atoms with Gasteiger partial charge in [-0.2, -0.15) is 0 Å². The molecule has 1 amide bonds. The van der Waals surface area contributed by atoms with E-state index in [0.29, 0.717) is 36.2 Å². The highest BCUT2D eigenvalue weighted by atomic mass is 35.5. The van der Waals surface area contributed by atoms with Gasteiger partial charge < -0.3 is 19.8 Å². The number of benzene rings is 1. The van der Waals surface area contributed by atoms with E-state index < -0.39 is 28.9 Å². The highest BCUT2D eigenvalue weighted by Crippen LogP contribution is 2.77. The molecule has 1 aromatic carbocycles. The molecule has 1 aromatic rings. The molecule has 5 aliphatic rings. The number of carbonyl (C=O) groups excluding carboxylic acids is 3. The first-order valence-electron chi connectivity index (χ1n) is 20.8. The van der Waals surface area contributed by atoms with Crippen LogP contribution in [0.15, 0.2) is 35.4 Å². The van der Waals surface area contributed by atoms with Gasteiger partial charge in [0.05, 0.1) is 17.9 Å². The van der Waals surface area contributed by atoms with Gasteiger partial charge in [0.1, 0.15) is 6.10 Å². The monoisotopic (exact) mass is 779 g/mol. The maximum atomic E-state index is 14.2. The number of Topliss-reactive ketones (excluding diaryl/α,β-unsaturated/α-hetero) is 1. The van der Waals surface area contributed by atoms with Crippen molar-refractivity contribution >= 4 is 35.2 Å². The van der Waals surface area contributed by atoms with Gasteiger partial charge in [0, 0.05) is 42.3 Å². The topological polar surface area (TPSA) is 121 Å². The third-order valence-electron chi connectivity index (χ3n) is 16.6. The van der Waals surface area contributed by atoms with Crippen LogP contribution in [0.2, 0.25) is 5.02 Å². The van der Waals surface area contributed by atoms with Gasteiger partial charge >= 0.3 is 11.9 Å². The Morgan fingerprint density at radius 1 is 0.927 bits per heavy atom. The van der Waals surface area contributed by atoms with E-state index in [-0.39, 0.29) is 64.3 Å². The predicted octanol–water partition coefficient (Wildman–Crippen LogP) is 9.44. The second-order valence-corrected chi connectivity index (χ2v) is 21.0. The van der Waals surface area contributed by atoms with Gasteiger partial charge in [-0.25, -0.2) is 0 Å². The average Bonchev–Trinajstić information content (AvgIpc) is 3.40. The van der Waals surface area contributed by atoms with Crippen molar-refractivity contribution < 1.29 is 34.1 Å². The molecule has 0 aliphatic heterocycles. The van der Waals surface area contributed by atoms with Gasteiger partial charge in [-0.15, -0.1) is 0 Å². The predicted molar refractivity (Wildman–Crippen MR) is 214 cm³/mol. The molecule has 4 saturated carbocycles. The van der Waals surface area contributed by atoms with Crippen LogP contribution in [0.25, 0.3) is 0 Å². The fourth-order valence-electron chi connectivity index (χ4n) is 13.4. The van der Waals surface area contributed by atoms with Gasteiger partial charge in [0.2, 0.25) is 5.91 Å². The van der Waals surface area contributed by atoms with Crippen LogP contribution in [-0.4, -0.2) is 57.5 Å². The summed E-state index contributed by atoms with van der Waals surface area (Å²) in [5.41, 5.74) is 0.809. The smallest absolute Gasteiger partial charge is 0.309 e. The molecule has 304 valence electrons. The molecule has 8 nitrogen and oxygen atoms in total. The number of ether oxygens (including phenoxy) is 1. The molecular formula is C46H66ClNO7. The Kier molecular flexibility index (Phi) is 10.9. The van der Waals surface area contributed by atoms with Crippen molar-refractivity contribution in [3.63, 3.8) is 0 Å². The lowest BCUT2D eigenvalue weighted by atomic mass is 9.33. The molecule has 5 aliphatic carbocycles. The van der Waals surface area contributed by atoms with E-state index in [4.69, 9.17) is 16.3 Å². The fraction of sp³-hybridized carbons (Fsp3) is 0.739. The second-order valence-electron chi connectivity index (χ2n) is 20.6. The van der Waals surface area contributed by atoms with E-state index in [9.17, 15) is 29.4 Å². The van der Waals surface area contributed by atoms with E-state index in [2.05, 4.69) is 48.5 Å². The molecule has 9 heteroatoms. The number of ketones is 1. The summed E-state index contributed by atoms with van der Waals surface area (Å²) in [4.78, 5) is 53.8. The van der Waals surface area contributed by atoms with Crippen LogP contribution in [0.3, 0.4) is 0 Å². The Morgan fingerprint density at radius 2 is 1.58 bits per heavy atom. The maximum absolute atomic E-state index is 14.2. The SMILES string of the molecule is CC(=O)N(Cc1ccc(Cl)cc1)C[C@H](O)C12CC[C@]3(C)[C@H](CC[C@@H]4[C@@]5(C)CC[C@H](OC(=O)CC(C)(C)C(=O)O)C(C)(C)[C@@H]5CC[C@]43C)C1=C(C(C)C)C(=O)C2. The van der Waals surface area contributed by atoms with Gasteiger partial charge in [0.15, 0.2) is 5.78 Å². The number of aliphatic hydroxyl groups excluding tert-OH is 1. The fourth-order valence-corrected chi connectivity index (χ4v) is 13.5. The number of carboxylic acid groups (broad SMARTS) is 1. The molecule has 0 aromatic heterocycles. The third-order valence-corrected chi connectivity index (χ3v) is 16.9. The number of allylic oxidation sites excluding steroid dienone is 1. The summed E-state index contributed by atoms with van der Waals surface area (Å²) in [6, 6.07) is 7.45. The zero-order valence-corrected chi connectivity index (χ0v) is 35.8. The number of fused-ring (bicyclic) bond motifs is 7. The number of halogens is 1. The van der Waals surface area contributed by atoms with Crippen LogP contribution in [0, 0.1) is 56.2 Å². The van der Waals surface area contributed by atoms with Gasteiger partial charge in [-0.3, -0.25) is 19.2 Å². The summed E-state index contributed by atoms with van der Waals surface area (Å²) >= 11 is 6.14. The summed E-state index contributed by atoms with van der Waals surface area (Å²) in [6.07, 6.45) is 6.35. The number of esters is 1. The molecule has 0 radical (unpaired) electrons. The van der Waals surface area contributed by atoms with Crippen molar-refractivity contribution in [3.05, 3.63) is 46.0 Å². The molecule has 0 spiro atoms. The lowest BCUT2D eigenvalue weighted by Gasteiger charge is -2.72. The first kappa shape index (κ1) is 41.9. The molecule has 2 N–H and O–H groups in total.